The lowest BCUT2D eigenvalue weighted by Gasteiger charge is -2.13. The maximum atomic E-state index is 4.76. The minimum Gasteiger partial charge on any atom is -0.378 e. The molecule has 144 valence electrons. The standard InChI is InChI=1S/C23H18Br2N4/c1-29(2)20-13-7-17(8-14-20)23-27-21(15-3-9-18(24)10-4-15)26-22(28-23)16-5-11-19(25)12-6-16/h3-14H,1-2H3. The molecule has 0 aliphatic carbocycles. The predicted molar refractivity (Wildman–Crippen MR) is 126 cm³/mol. The van der Waals surface area contributed by atoms with Crippen molar-refractivity contribution in [2.24, 2.45) is 0 Å². The highest BCUT2D eigenvalue weighted by atomic mass is 79.9. The summed E-state index contributed by atoms with van der Waals surface area (Å²) in [4.78, 5) is 16.3. The number of hydrogen-bond acceptors (Lipinski definition) is 4. The number of rotatable bonds is 4. The first kappa shape index (κ1) is 19.7. The average Bonchev–Trinajstić information content (AvgIpc) is 2.74. The molecule has 0 aliphatic heterocycles. The Bertz CT molecular complexity index is 1060. The first-order chi connectivity index (χ1) is 14.0. The van der Waals surface area contributed by atoms with Crippen LogP contribution in [0.25, 0.3) is 34.2 Å². The van der Waals surface area contributed by atoms with E-state index in [0.717, 1.165) is 31.3 Å². The zero-order valence-electron chi connectivity index (χ0n) is 16.0. The van der Waals surface area contributed by atoms with Crippen molar-refractivity contribution in [1.29, 1.82) is 0 Å². The minimum absolute atomic E-state index is 0.650. The fourth-order valence-corrected chi connectivity index (χ4v) is 3.40. The van der Waals surface area contributed by atoms with E-state index in [9.17, 15) is 0 Å². The van der Waals surface area contributed by atoms with Crippen LogP contribution in [-0.4, -0.2) is 29.0 Å². The number of anilines is 1. The normalized spacial score (nSPS) is 10.8. The number of nitrogens with zero attached hydrogens (tertiary/aromatic N) is 4. The molecule has 0 saturated heterocycles. The van der Waals surface area contributed by atoms with Gasteiger partial charge in [0.2, 0.25) is 0 Å². The predicted octanol–water partition coefficient (Wildman–Crippen LogP) is 6.46. The molecule has 0 unspecified atom stereocenters. The molecule has 0 spiro atoms. The Kier molecular flexibility index (Phi) is 5.74. The highest BCUT2D eigenvalue weighted by Gasteiger charge is 2.12. The summed E-state index contributed by atoms with van der Waals surface area (Å²) in [6.45, 7) is 0. The Hall–Kier alpha value is -2.57. The van der Waals surface area contributed by atoms with Gasteiger partial charge in [-0.2, -0.15) is 0 Å². The molecule has 0 amide bonds. The van der Waals surface area contributed by atoms with Gasteiger partial charge in [0.05, 0.1) is 0 Å². The van der Waals surface area contributed by atoms with Gasteiger partial charge in [0, 0.05) is 45.4 Å². The van der Waals surface area contributed by atoms with E-state index in [2.05, 4.69) is 48.9 Å². The molecule has 3 aromatic carbocycles. The van der Waals surface area contributed by atoms with E-state index in [1.54, 1.807) is 0 Å². The summed E-state index contributed by atoms with van der Waals surface area (Å²) in [7, 11) is 4.05. The van der Waals surface area contributed by atoms with Crippen LogP contribution in [0.2, 0.25) is 0 Å². The van der Waals surface area contributed by atoms with E-state index in [1.165, 1.54) is 0 Å². The Morgan fingerprint density at radius 2 is 0.828 bits per heavy atom. The zero-order valence-corrected chi connectivity index (χ0v) is 19.1. The highest BCUT2D eigenvalue weighted by molar-refractivity contribution is 9.10. The van der Waals surface area contributed by atoms with Crippen molar-refractivity contribution in [3.05, 3.63) is 81.7 Å². The lowest BCUT2D eigenvalue weighted by atomic mass is 10.1. The fraction of sp³-hybridized carbons (Fsp3) is 0.0870. The number of aromatic nitrogens is 3. The molecule has 0 N–H and O–H groups in total. The Morgan fingerprint density at radius 3 is 1.14 bits per heavy atom. The number of hydrogen-bond donors (Lipinski definition) is 0. The van der Waals surface area contributed by atoms with E-state index in [-0.39, 0.29) is 0 Å². The lowest BCUT2D eigenvalue weighted by Crippen LogP contribution is -2.08. The van der Waals surface area contributed by atoms with Crippen molar-refractivity contribution in [3.8, 4) is 34.2 Å². The van der Waals surface area contributed by atoms with Crippen LogP contribution in [0.15, 0.2) is 81.7 Å². The van der Waals surface area contributed by atoms with Gasteiger partial charge in [-0.25, -0.2) is 15.0 Å². The van der Waals surface area contributed by atoms with E-state index >= 15 is 0 Å². The average molecular weight is 510 g/mol. The third kappa shape index (κ3) is 4.54. The van der Waals surface area contributed by atoms with Gasteiger partial charge in [0.25, 0.3) is 0 Å². The van der Waals surface area contributed by atoms with Crippen LogP contribution >= 0.6 is 31.9 Å². The summed E-state index contributed by atoms with van der Waals surface area (Å²) in [5.41, 5.74) is 3.97. The summed E-state index contributed by atoms with van der Waals surface area (Å²) in [6, 6.07) is 24.2. The molecule has 0 fully saturated rings. The van der Waals surface area contributed by atoms with Crippen molar-refractivity contribution in [2.75, 3.05) is 19.0 Å². The molecule has 1 heterocycles. The maximum absolute atomic E-state index is 4.76. The number of benzene rings is 3. The molecule has 6 heteroatoms. The van der Waals surface area contributed by atoms with Crippen LogP contribution in [0.5, 0.6) is 0 Å². The molecular weight excluding hydrogens is 492 g/mol. The minimum atomic E-state index is 0.650. The van der Waals surface area contributed by atoms with Gasteiger partial charge in [0.1, 0.15) is 0 Å². The molecule has 0 aliphatic rings. The van der Waals surface area contributed by atoms with Crippen LogP contribution < -0.4 is 4.90 Å². The van der Waals surface area contributed by atoms with Crippen LogP contribution in [0.3, 0.4) is 0 Å². The van der Waals surface area contributed by atoms with Gasteiger partial charge in [-0.1, -0.05) is 56.1 Å². The van der Waals surface area contributed by atoms with Gasteiger partial charge in [-0.05, 0) is 48.5 Å². The van der Waals surface area contributed by atoms with E-state index in [4.69, 9.17) is 15.0 Å². The van der Waals surface area contributed by atoms with Gasteiger partial charge < -0.3 is 4.90 Å². The topological polar surface area (TPSA) is 41.9 Å². The molecule has 4 aromatic rings. The van der Waals surface area contributed by atoms with Crippen molar-refractivity contribution in [3.63, 3.8) is 0 Å². The second-order valence-corrected chi connectivity index (χ2v) is 8.59. The third-order valence-electron chi connectivity index (χ3n) is 4.48. The van der Waals surface area contributed by atoms with Gasteiger partial charge in [0.15, 0.2) is 17.5 Å². The summed E-state index contributed by atoms with van der Waals surface area (Å²) >= 11 is 6.97. The highest BCUT2D eigenvalue weighted by Crippen LogP contribution is 2.27. The quantitative estimate of drug-likeness (QED) is 0.316. The number of halogens is 2. The monoisotopic (exact) mass is 508 g/mol. The molecular formula is C23H18Br2N4. The van der Waals surface area contributed by atoms with E-state index in [0.29, 0.717) is 17.5 Å². The second-order valence-electron chi connectivity index (χ2n) is 6.76. The first-order valence-electron chi connectivity index (χ1n) is 9.05. The van der Waals surface area contributed by atoms with Gasteiger partial charge in [-0.3, -0.25) is 0 Å². The first-order valence-corrected chi connectivity index (χ1v) is 10.6. The van der Waals surface area contributed by atoms with Gasteiger partial charge in [-0.15, -0.1) is 0 Å². The van der Waals surface area contributed by atoms with Gasteiger partial charge >= 0.3 is 0 Å². The summed E-state index contributed by atoms with van der Waals surface area (Å²) in [5, 5.41) is 0. The molecule has 29 heavy (non-hydrogen) atoms. The van der Waals surface area contributed by atoms with Crippen molar-refractivity contribution in [2.45, 2.75) is 0 Å². The zero-order chi connectivity index (χ0) is 20.4. The molecule has 0 radical (unpaired) electrons. The molecule has 0 bridgehead atoms. The Labute approximate surface area is 186 Å². The fourth-order valence-electron chi connectivity index (χ4n) is 2.87. The molecule has 0 atom stereocenters. The second kappa shape index (κ2) is 8.43. The van der Waals surface area contributed by atoms with E-state index < -0.39 is 0 Å². The molecule has 0 saturated carbocycles. The molecule has 4 nitrogen and oxygen atoms in total. The lowest BCUT2D eigenvalue weighted by molar-refractivity contribution is 1.07. The van der Waals surface area contributed by atoms with E-state index in [1.807, 2.05) is 74.8 Å². The molecule has 1 aromatic heterocycles. The largest absolute Gasteiger partial charge is 0.378 e. The van der Waals surface area contributed by atoms with Crippen LogP contribution in [0.4, 0.5) is 5.69 Å². The van der Waals surface area contributed by atoms with Crippen LogP contribution in [0, 0.1) is 0 Å². The van der Waals surface area contributed by atoms with Crippen molar-refractivity contribution >= 4 is 37.5 Å². The summed E-state index contributed by atoms with van der Waals surface area (Å²) in [6.07, 6.45) is 0. The SMILES string of the molecule is CN(C)c1ccc(-c2nc(-c3ccc(Br)cc3)nc(-c3ccc(Br)cc3)n2)cc1. The summed E-state index contributed by atoms with van der Waals surface area (Å²) in [5.74, 6) is 1.95. The van der Waals surface area contributed by atoms with Crippen molar-refractivity contribution < 1.29 is 0 Å². The summed E-state index contributed by atoms with van der Waals surface area (Å²) < 4.78 is 2.03. The smallest absolute Gasteiger partial charge is 0.164 e. The Balaban J connectivity index is 1.85. The Morgan fingerprint density at radius 1 is 0.517 bits per heavy atom. The molecule has 4 rings (SSSR count). The van der Waals surface area contributed by atoms with Crippen molar-refractivity contribution in [1.82, 2.24) is 15.0 Å². The van der Waals surface area contributed by atoms with Crippen LogP contribution in [0.1, 0.15) is 0 Å². The maximum Gasteiger partial charge on any atom is 0.164 e. The van der Waals surface area contributed by atoms with Crippen LogP contribution in [-0.2, 0) is 0 Å². The third-order valence-corrected chi connectivity index (χ3v) is 5.54.